The second-order valence-electron chi connectivity index (χ2n) is 5.41. The molecule has 1 aromatic carbocycles. The van der Waals surface area contributed by atoms with Crippen molar-refractivity contribution >= 4 is 10.0 Å². The third kappa shape index (κ3) is 3.80. The van der Waals surface area contributed by atoms with E-state index in [1.165, 1.54) is 0 Å². The quantitative estimate of drug-likeness (QED) is 0.880. The molecule has 0 aliphatic heterocycles. The Labute approximate surface area is 110 Å². The highest BCUT2D eigenvalue weighted by atomic mass is 32.2. The Morgan fingerprint density at radius 1 is 1.28 bits per heavy atom. The van der Waals surface area contributed by atoms with E-state index in [9.17, 15) is 8.42 Å². The number of nitrogens with two attached hydrogens (primary N) is 1. The third-order valence-electron chi connectivity index (χ3n) is 2.49. The molecule has 1 rings (SSSR count). The Morgan fingerprint density at radius 3 is 2.33 bits per heavy atom. The minimum Gasteiger partial charge on any atom is -0.324 e. The number of hydrogen-bond acceptors (Lipinski definition) is 3. The third-order valence-corrected chi connectivity index (χ3v) is 4.32. The second kappa shape index (κ2) is 5.38. The lowest BCUT2D eigenvalue weighted by atomic mass is 10.1. The highest BCUT2D eigenvalue weighted by molar-refractivity contribution is 7.89. The van der Waals surface area contributed by atoms with Crippen LogP contribution in [-0.2, 0) is 10.0 Å². The van der Waals surface area contributed by atoms with Crippen molar-refractivity contribution in [3.63, 3.8) is 0 Å². The summed E-state index contributed by atoms with van der Waals surface area (Å²) in [6.07, 6.45) is 0.696. The van der Waals surface area contributed by atoms with Crippen LogP contribution in [0.3, 0.4) is 0 Å². The molecule has 0 aromatic heterocycles. The van der Waals surface area contributed by atoms with E-state index in [2.05, 4.69) is 4.72 Å². The van der Waals surface area contributed by atoms with Crippen molar-refractivity contribution in [3.8, 4) is 0 Å². The number of rotatable bonds is 4. The molecule has 0 saturated carbocycles. The minimum absolute atomic E-state index is 0.266. The molecule has 0 aliphatic carbocycles. The van der Waals surface area contributed by atoms with Gasteiger partial charge in [0.1, 0.15) is 0 Å². The summed E-state index contributed by atoms with van der Waals surface area (Å²) in [6.45, 7) is 7.37. The monoisotopic (exact) mass is 270 g/mol. The average molecular weight is 270 g/mol. The summed E-state index contributed by atoms with van der Waals surface area (Å²) in [5, 5.41) is 0. The summed E-state index contributed by atoms with van der Waals surface area (Å²) in [5.41, 5.74) is 6.12. The van der Waals surface area contributed by atoms with Gasteiger partial charge in [0.25, 0.3) is 0 Å². The van der Waals surface area contributed by atoms with Gasteiger partial charge >= 0.3 is 0 Å². The van der Waals surface area contributed by atoms with E-state index < -0.39 is 15.6 Å². The summed E-state index contributed by atoms with van der Waals surface area (Å²) in [4.78, 5) is 0.272. The molecule has 5 heteroatoms. The fraction of sp³-hybridized carbons (Fsp3) is 0.538. The Morgan fingerprint density at radius 2 is 1.83 bits per heavy atom. The van der Waals surface area contributed by atoms with Gasteiger partial charge in [0, 0.05) is 11.6 Å². The van der Waals surface area contributed by atoms with Crippen LogP contribution in [0, 0.1) is 0 Å². The highest BCUT2D eigenvalue weighted by Gasteiger charge is 2.25. The predicted octanol–water partition coefficient (Wildman–Crippen LogP) is 2.17. The zero-order valence-corrected chi connectivity index (χ0v) is 12.2. The van der Waals surface area contributed by atoms with Gasteiger partial charge in [-0.3, -0.25) is 0 Å². The molecule has 0 saturated heterocycles. The number of nitrogens with one attached hydrogen (secondary N) is 1. The fourth-order valence-corrected chi connectivity index (χ4v) is 3.41. The van der Waals surface area contributed by atoms with Gasteiger partial charge in [-0.2, -0.15) is 0 Å². The fourth-order valence-electron chi connectivity index (χ4n) is 1.71. The van der Waals surface area contributed by atoms with Crippen LogP contribution >= 0.6 is 0 Å². The van der Waals surface area contributed by atoms with Crippen molar-refractivity contribution < 1.29 is 8.42 Å². The van der Waals surface area contributed by atoms with E-state index >= 15 is 0 Å². The van der Waals surface area contributed by atoms with Crippen LogP contribution in [0.5, 0.6) is 0 Å². The van der Waals surface area contributed by atoms with Gasteiger partial charge in [-0.25, -0.2) is 13.1 Å². The van der Waals surface area contributed by atoms with Crippen LogP contribution in [0.25, 0.3) is 0 Å². The van der Waals surface area contributed by atoms with Gasteiger partial charge in [-0.05, 0) is 38.8 Å². The lowest BCUT2D eigenvalue weighted by Gasteiger charge is -2.22. The van der Waals surface area contributed by atoms with Crippen molar-refractivity contribution in [2.75, 3.05) is 0 Å². The van der Waals surface area contributed by atoms with Crippen LogP contribution in [0.1, 0.15) is 45.7 Å². The summed E-state index contributed by atoms with van der Waals surface area (Å²) >= 11 is 0. The molecule has 0 fully saturated rings. The van der Waals surface area contributed by atoms with E-state index in [0.717, 1.165) is 0 Å². The maximum absolute atomic E-state index is 12.3. The van der Waals surface area contributed by atoms with Gasteiger partial charge in [0.2, 0.25) is 10.0 Å². The van der Waals surface area contributed by atoms with Gasteiger partial charge in [0.05, 0.1) is 4.90 Å². The second-order valence-corrected chi connectivity index (χ2v) is 7.06. The van der Waals surface area contributed by atoms with Gasteiger partial charge in [-0.1, -0.05) is 25.1 Å². The van der Waals surface area contributed by atoms with Crippen LogP contribution in [0.4, 0.5) is 0 Å². The first-order valence-electron chi connectivity index (χ1n) is 6.06. The topological polar surface area (TPSA) is 72.2 Å². The number of benzene rings is 1. The minimum atomic E-state index is -3.53. The Hall–Kier alpha value is -0.910. The van der Waals surface area contributed by atoms with Crippen molar-refractivity contribution in [2.45, 2.75) is 50.6 Å². The van der Waals surface area contributed by atoms with E-state index in [4.69, 9.17) is 5.73 Å². The Balaban J connectivity index is 3.25. The van der Waals surface area contributed by atoms with Crippen molar-refractivity contribution in [3.05, 3.63) is 29.8 Å². The molecule has 1 unspecified atom stereocenters. The lowest BCUT2D eigenvalue weighted by Crippen LogP contribution is -2.41. The van der Waals surface area contributed by atoms with E-state index in [1.807, 2.05) is 27.7 Å². The van der Waals surface area contributed by atoms with Crippen molar-refractivity contribution in [2.24, 2.45) is 5.73 Å². The van der Waals surface area contributed by atoms with Crippen molar-refractivity contribution in [1.29, 1.82) is 0 Å². The van der Waals surface area contributed by atoms with Crippen LogP contribution in [0.2, 0.25) is 0 Å². The molecular formula is C13H22N2O2S. The Kier molecular flexibility index (Phi) is 4.53. The Bertz CT molecular complexity index is 504. The van der Waals surface area contributed by atoms with E-state index in [-0.39, 0.29) is 10.9 Å². The molecule has 3 N–H and O–H groups in total. The zero-order chi connectivity index (χ0) is 14.0. The molecule has 0 spiro atoms. The number of hydrogen-bond donors (Lipinski definition) is 2. The SMILES string of the molecule is CCC(N)c1ccccc1S(=O)(=O)NC(C)(C)C. The van der Waals surface area contributed by atoms with Gasteiger partial charge in [0.15, 0.2) is 0 Å². The molecule has 0 radical (unpaired) electrons. The summed E-state index contributed by atoms with van der Waals surface area (Å²) < 4.78 is 27.3. The smallest absolute Gasteiger partial charge is 0.241 e. The first-order chi connectivity index (χ1) is 8.17. The number of sulfonamides is 1. The molecule has 1 atom stereocenters. The van der Waals surface area contributed by atoms with Crippen LogP contribution in [0.15, 0.2) is 29.2 Å². The lowest BCUT2D eigenvalue weighted by molar-refractivity contribution is 0.490. The molecule has 1 aromatic rings. The zero-order valence-electron chi connectivity index (χ0n) is 11.4. The standard InChI is InChI=1S/C13H22N2O2S/c1-5-11(14)10-8-6-7-9-12(10)18(16,17)15-13(2,3)4/h6-9,11,15H,5,14H2,1-4H3. The normalized spacial score (nSPS) is 14.5. The molecule has 0 aliphatic rings. The first-order valence-corrected chi connectivity index (χ1v) is 7.54. The molecule has 0 amide bonds. The largest absolute Gasteiger partial charge is 0.324 e. The molecule has 0 heterocycles. The van der Waals surface area contributed by atoms with Crippen LogP contribution in [-0.4, -0.2) is 14.0 Å². The predicted molar refractivity (Wildman–Crippen MR) is 73.7 cm³/mol. The van der Waals surface area contributed by atoms with E-state index in [1.54, 1.807) is 24.3 Å². The molecule has 102 valence electrons. The molecule has 4 nitrogen and oxygen atoms in total. The maximum Gasteiger partial charge on any atom is 0.241 e. The van der Waals surface area contributed by atoms with E-state index in [0.29, 0.717) is 12.0 Å². The molecular weight excluding hydrogens is 248 g/mol. The molecule has 18 heavy (non-hydrogen) atoms. The summed E-state index contributed by atoms with van der Waals surface area (Å²) in [7, 11) is -3.53. The summed E-state index contributed by atoms with van der Waals surface area (Å²) in [6, 6.07) is 6.62. The van der Waals surface area contributed by atoms with Gasteiger partial charge < -0.3 is 5.73 Å². The average Bonchev–Trinajstić information content (AvgIpc) is 2.25. The first kappa shape index (κ1) is 15.1. The van der Waals surface area contributed by atoms with Crippen LogP contribution < -0.4 is 10.5 Å². The summed E-state index contributed by atoms with van der Waals surface area (Å²) in [5.74, 6) is 0. The highest BCUT2D eigenvalue weighted by Crippen LogP contribution is 2.23. The van der Waals surface area contributed by atoms with Gasteiger partial charge in [-0.15, -0.1) is 0 Å². The maximum atomic E-state index is 12.3. The molecule has 0 bridgehead atoms. The van der Waals surface area contributed by atoms with Crippen molar-refractivity contribution in [1.82, 2.24) is 4.72 Å².